The maximum absolute atomic E-state index is 12.2. The Morgan fingerprint density at radius 1 is 1.28 bits per heavy atom. The van der Waals surface area contributed by atoms with Gasteiger partial charge in [0.2, 0.25) is 0 Å². The minimum atomic E-state index is 0.0841. The highest BCUT2D eigenvalue weighted by molar-refractivity contribution is 5.97. The van der Waals surface area contributed by atoms with Crippen molar-refractivity contribution in [1.82, 2.24) is 14.8 Å². The van der Waals surface area contributed by atoms with Gasteiger partial charge in [-0.1, -0.05) is 12.1 Å². The van der Waals surface area contributed by atoms with Crippen molar-refractivity contribution in [1.29, 1.82) is 0 Å². The van der Waals surface area contributed by atoms with Gasteiger partial charge in [-0.15, -0.1) is 0 Å². The zero-order chi connectivity index (χ0) is 13.1. The minimum absolute atomic E-state index is 0.0841. The quantitative estimate of drug-likeness (QED) is 0.774. The first-order valence-electron chi connectivity index (χ1n) is 6.09. The minimum Gasteiger partial charge on any atom is -0.294 e. The zero-order valence-corrected chi connectivity index (χ0v) is 11.0. The summed E-state index contributed by atoms with van der Waals surface area (Å²) in [5.41, 5.74) is 3.07. The Hall–Kier alpha value is -1.97. The molecule has 0 fully saturated rings. The number of ketones is 1. The highest BCUT2D eigenvalue weighted by Crippen LogP contribution is 2.12. The highest BCUT2D eigenvalue weighted by atomic mass is 16.1. The van der Waals surface area contributed by atoms with Crippen molar-refractivity contribution in [2.24, 2.45) is 0 Å². The molecule has 0 aliphatic carbocycles. The van der Waals surface area contributed by atoms with Crippen LogP contribution in [0.5, 0.6) is 0 Å². The number of carbonyl (C=O) groups excluding carboxylic acids is 1. The Labute approximate surface area is 107 Å². The Kier molecular flexibility index (Phi) is 3.55. The summed E-state index contributed by atoms with van der Waals surface area (Å²) in [7, 11) is 0. The summed E-state index contributed by atoms with van der Waals surface area (Å²) in [6, 6.07) is 5.79. The van der Waals surface area contributed by atoms with Gasteiger partial charge in [-0.2, -0.15) is 5.10 Å². The van der Waals surface area contributed by atoms with E-state index >= 15 is 0 Å². The molecular weight excluding hydrogens is 226 g/mol. The molecule has 0 unspecified atom stereocenters. The van der Waals surface area contributed by atoms with E-state index < -0.39 is 0 Å². The van der Waals surface area contributed by atoms with Crippen molar-refractivity contribution in [3.8, 4) is 0 Å². The summed E-state index contributed by atoms with van der Waals surface area (Å²) in [6.07, 6.45) is 1.79. The highest BCUT2D eigenvalue weighted by Gasteiger charge is 2.12. The SMILES string of the molecule is CCn1ncnc1CC(=O)c1ccc(C)c(C)c1. The van der Waals surface area contributed by atoms with Gasteiger partial charge in [0, 0.05) is 12.1 Å². The van der Waals surface area contributed by atoms with Crippen LogP contribution >= 0.6 is 0 Å². The third-order valence-corrected chi connectivity index (χ3v) is 3.14. The fourth-order valence-electron chi connectivity index (χ4n) is 1.85. The van der Waals surface area contributed by atoms with E-state index in [-0.39, 0.29) is 5.78 Å². The average Bonchev–Trinajstić information content (AvgIpc) is 2.79. The lowest BCUT2D eigenvalue weighted by molar-refractivity contribution is 0.0989. The van der Waals surface area contributed by atoms with Gasteiger partial charge in [0.1, 0.15) is 12.2 Å². The predicted octanol–water partition coefficient (Wildman–Crippen LogP) is 2.34. The second-order valence-electron chi connectivity index (χ2n) is 4.39. The number of hydrogen-bond donors (Lipinski definition) is 0. The van der Waals surface area contributed by atoms with Crippen molar-refractivity contribution >= 4 is 5.78 Å². The molecule has 0 bridgehead atoms. The molecule has 1 heterocycles. The van der Waals surface area contributed by atoms with Crippen LogP contribution in [-0.2, 0) is 13.0 Å². The lowest BCUT2D eigenvalue weighted by atomic mass is 10.0. The number of benzene rings is 1. The summed E-state index contributed by atoms with van der Waals surface area (Å²) < 4.78 is 1.75. The van der Waals surface area contributed by atoms with Crippen molar-refractivity contribution in [2.45, 2.75) is 33.7 Å². The standard InChI is InChI=1S/C14H17N3O/c1-4-17-14(15-9-16-17)8-13(18)12-6-5-10(2)11(3)7-12/h5-7,9H,4,8H2,1-3H3. The molecule has 0 aliphatic rings. The summed E-state index contributed by atoms with van der Waals surface area (Å²) >= 11 is 0. The number of hydrogen-bond acceptors (Lipinski definition) is 3. The predicted molar refractivity (Wildman–Crippen MR) is 69.6 cm³/mol. The molecule has 4 heteroatoms. The van der Waals surface area contributed by atoms with Crippen LogP contribution in [0.15, 0.2) is 24.5 Å². The largest absolute Gasteiger partial charge is 0.294 e. The molecule has 1 aromatic carbocycles. The molecule has 0 amide bonds. The van der Waals surface area contributed by atoms with Crippen LogP contribution in [-0.4, -0.2) is 20.5 Å². The number of nitrogens with zero attached hydrogens (tertiary/aromatic N) is 3. The molecule has 2 rings (SSSR count). The second kappa shape index (κ2) is 5.12. The van der Waals surface area contributed by atoms with Crippen molar-refractivity contribution < 1.29 is 4.79 Å². The van der Waals surface area contributed by atoms with Crippen LogP contribution in [0, 0.1) is 13.8 Å². The van der Waals surface area contributed by atoms with Gasteiger partial charge in [0.25, 0.3) is 0 Å². The van der Waals surface area contributed by atoms with Crippen molar-refractivity contribution in [3.05, 3.63) is 47.0 Å². The van der Waals surface area contributed by atoms with E-state index in [2.05, 4.69) is 10.1 Å². The second-order valence-corrected chi connectivity index (χ2v) is 4.39. The van der Waals surface area contributed by atoms with Gasteiger partial charge >= 0.3 is 0 Å². The van der Waals surface area contributed by atoms with E-state index in [1.807, 2.05) is 39.0 Å². The summed E-state index contributed by atoms with van der Waals surface area (Å²) in [4.78, 5) is 16.3. The fourth-order valence-corrected chi connectivity index (χ4v) is 1.85. The molecule has 0 radical (unpaired) electrons. The first-order chi connectivity index (χ1) is 8.61. The first-order valence-corrected chi connectivity index (χ1v) is 6.09. The Morgan fingerprint density at radius 3 is 2.72 bits per heavy atom. The van der Waals surface area contributed by atoms with E-state index in [4.69, 9.17) is 0 Å². The molecule has 0 saturated heterocycles. The molecule has 4 nitrogen and oxygen atoms in total. The topological polar surface area (TPSA) is 47.8 Å². The molecule has 0 N–H and O–H groups in total. The number of Topliss-reactive ketones (excluding diaryl/α,β-unsaturated/α-hetero) is 1. The monoisotopic (exact) mass is 243 g/mol. The van der Waals surface area contributed by atoms with Gasteiger partial charge in [-0.3, -0.25) is 4.79 Å². The fraction of sp³-hybridized carbons (Fsp3) is 0.357. The van der Waals surface area contributed by atoms with Gasteiger partial charge in [-0.05, 0) is 38.0 Å². The Bertz CT molecular complexity index is 572. The third kappa shape index (κ3) is 2.47. The van der Waals surface area contributed by atoms with Crippen LogP contribution in [0.3, 0.4) is 0 Å². The number of rotatable bonds is 4. The maximum Gasteiger partial charge on any atom is 0.170 e. The first kappa shape index (κ1) is 12.5. The lowest BCUT2D eigenvalue weighted by Crippen LogP contribution is -2.11. The smallest absolute Gasteiger partial charge is 0.170 e. The normalized spacial score (nSPS) is 10.6. The third-order valence-electron chi connectivity index (χ3n) is 3.14. The zero-order valence-electron chi connectivity index (χ0n) is 11.0. The van der Waals surface area contributed by atoms with Crippen LogP contribution in [0.1, 0.15) is 34.2 Å². The molecule has 0 saturated carbocycles. The molecule has 0 aliphatic heterocycles. The van der Waals surface area contributed by atoms with Crippen LogP contribution in [0.2, 0.25) is 0 Å². The Balaban J connectivity index is 2.19. The average molecular weight is 243 g/mol. The van der Waals surface area contributed by atoms with Gasteiger partial charge in [0.05, 0.1) is 6.42 Å². The molecule has 18 heavy (non-hydrogen) atoms. The van der Waals surface area contributed by atoms with Crippen LogP contribution in [0.25, 0.3) is 0 Å². The summed E-state index contributed by atoms with van der Waals surface area (Å²) in [5.74, 6) is 0.807. The molecule has 0 atom stereocenters. The summed E-state index contributed by atoms with van der Waals surface area (Å²) in [5, 5.41) is 4.07. The van der Waals surface area contributed by atoms with E-state index in [1.54, 1.807) is 4.68 Å². The van der Waals surface area contributed by atoms with E-state index in [9.17, 15) is 4.79 Å². The molecule has 94 valence electrons. The van der Waals surface area contributed by atoms with E-state index in [0.717, 1.165) is 23.5 Å². The van der Waals surface area contributed by atoms with Crippen molar-refractivity contribution in [2.75, 3.05) is 0 Å². The molecular formula is C14H17N3O. The van der Waals surface area contributed by atoms with Crippen LogP contribution in [0.4, 0.5) is 0 Å². The number of aryl methyl sites for hydroxylation is 3. The van der Waals surface area contributed by atoms with Gasteiger partial charge in [-0.25, -0.2) is 9.67 Å². The van der Waals surface area contributed by atoms with E-state index in [1.165, 1.54) is 11.9 Å². The molecule has 1 aromatic heterocycles. The summed E-state index contributed by atoms with van der Waals surface area (Å²) in [6.45, 7) is 6.77. The number of carbonyl (C=O) groups is 1. The van der Waals surface area contributed by atoms with Gasteiger partial charge < -0.3 is 0 Å². The molecule has 2 aromatic rings. The number of aromatic nitrogens is 3. The van der Waals surface area contributed by atoms with E-state index in [0.29, 0.717) is 6.42 Å². The molecule has 0 spiro atoms. The van der Waals surface area contributed by atoms with Crippen LogP contribution < -0.4 is 0 Å². The van der Waals surface area contributed by atoms with Gasteiger partial charge in [0.15, 0.2) is 5.78 Å². The lowest BCUT2D eigenvalue weighted by Gasteiger charge is -2.05. The Morgan fingerprint density at radius 2 is 2.06 bits per heavy atom. The van der Waals surface area contributed by atoms with Crippen molar-refractivity contribution in [3.63, 3.8) is 0 Å². The maximum atomic E-state index is 12.2.